The second kappa shape index (κ2) is 6.34. The Morgan fingerprint density at radius 2 is 2.22 bits per heavy atom. The number of halogens is 1. The average Bonchev–Trinajstić information content (AvgIpc) is 2.48. The summed E-state index contributed by atoms with van der Waals surface area (Å²) in [6.45, 7) is 2.98. The van der Waals surface area contributed by atoms with Crippen molar-refractivity contribution in [2.24, 2.45) is 5.73 Å². The zero-order chi connectivity index (χ0) is 16.4. The highest BCUT2D eigenvalue weighted by molar-refractivity contribution is 6.29. The Labute approximate surface area is 138 Å². The van der Waals surface area contributed by atoms with Gasteiger partial charge >= 0.3 is 0 Å². The normalized spacial score (nSPS) is 16.1. The molecule has 0 radical (unpaired) electrons. The first-order chi connectivity index (χ1) is 11.1. The maximum Gasteiger partial charge on any atom is 0.219 e. The van der Waals surface area contributed by atoms with E-state index in [2.05, 4.69) is 15.0 Å². The van der Waals surface area contributed by atoms with Crippen molar-refractivity contribution in [1.29, 1.82) is 0 Å². The van der Waals surface area contributed by atoms with Gasteiger partial charge in [-0.15, -0.1) is 0 Å². The Kier molecular flexibility index (Phi) is 4.25. The van der Waals surface area contributed by atoms with Gasteiger partial charge in [0.25, 0.3) is 0 Å². The van der Waals surface area contributed by atoms with E-state index in [0.29, 0.717) is 23.8 Å². The molecule has 3 rings (SSSR count). The molecule has 0 aromatic carbocycles. The highest BCUT2D eigenvalue weighted by Crippen LogP contribution is 2.18. The Balaban J connectivity index is 1.77. The molecule has 0 unspecified atom stereocenters. The summed E-state index contributed by atoms with van der Waals surface area (Å²) in [5.74, 6) is 0.0966. The fraction of sp³-hybridized carbons (Fsp3) is 0.250. The molecule has 1 fully saturated rings. The number of amides is 1. The van der Waals surface area contributed by atoms with Gasteiger partial charge < -0.3 is 10.6 Å². The third kappa shape index (κ3) is 3.32. The zero-order valence-corrected chi connectivity index (χ0v) is 13.4. The lowest BCUT2D eigenvalue weighted by Crippen LogP contribution is -2.86. The maximum absolute atomic E-state index is 11.2. The number of likely N-dealkylation sites (tertiary alicyclic amines) is 1. The van der Waals surface area contributed by atoms with Crippen LogP contribution in [0.4, 0.5) is 0 Å². The fourth-order valence-corrected chi connectivity index (χ4v) is 2.57. The van der Waals surface area contributed by atoms with Gasteiger partial charge in [-0.3, -0.25) is 9.78 Å². The zero-order valence-electron chi connectivity index (χ0n) is 12.7. The molecule has 1 amide bonds. The number of nitrogens with two attached hydrogens (primary N) is 1. The number of aromatic nitrogens is 2. The van der Waals surface area contributed by atoms with Crippen molar-refractivity contribution in [3.63, 3.8) is 0 Å². The number of nitrogens with zero attached hydrogens (tertiary/aromatic N) is 3. The molecular formula is C16H17ClN5O+. The first kappa shape index (κ1) is 15.4. The number of pyridine rings is 2. The van der Waals surface area contributed by atoms with Gasteiger partial charge in [-0.1, -0.05) is 11.6 Å². The van der Waals surface area contributed by atoms with Crippen LogP contribution in [0.1, 0.15) is 12.5 Å². The standard InChI is InChI=1S/C16H16ClN5O/c1-10(23)22-8-13(9-22)19-7-12(5-18)11-4-15-14(20-6-11)2-3-16(17)21-15/h2-7,13H,8-9,18H2,1H3/p+1. The van der Waals surface area contributed by atoms with Crippen LogP contribution in [0.25, 0.3) is 16.6 Å². The molecule has 0 aliphatic carbocycles. The molecule has 7 heteroatoms. The van der Waals surface area contributed by atoms with Gasteiger partial charge in [-0.2, -0.15) is 0 Å². The highest BCUT2D eigenvalue weighted by Gasteiger charge is 2.31. The number of fused-ring (bicyclic) bond motifs is 1. The molecule has 1 aliphatic heterocycles. The SMILES string of the molecule is CC(=O)N1CC([NH+]=CC(=CN)c2cnc3ccc(Cl)nc3c2)C1. The van der Waals surface area contributed by atoms with E-state index in [0.717, 1.165) is 16.7 Å². The summed E-state index contributed by atoms with van der Waals surface area (Å²) in [6, 6.07) is 5.68. The molecule has 3 heterocycles. The first-order valence-electron chi connectivity index (χ1n) is 7.26. The summed E-state index contributed by atoms with van der Waals surface area (Å²) < 4.78 is 0. The Hall–Kier alpha value is -2.47. The smallest absolute Gasteiger partial charge is 0.219 e. The third-order valence-corrected chi connectivity index (χ3v) is 4.03. The van der Waals surface area contributed by atoms with Crippen LogP contribution in [0.15, 0.2) is 30.6 Å². The van der Waals surface area contributed by atoms with Crippen molar-refractivity contribution in [3.8, 4) is 0 Å². The molecule has 6 nitrogen and oxygen atoms in total. The minimum atomic E-state index is 0.0966. The number of nitrogens with one attached hydrogen (secondary N) is 1. The Morgan fingerprint density at radius 3 is 2.91 bits per heavy atom. The van der Waals surface area contributed by atoms with Gasteiger partial charge in [0.2, 0.25) is 5.91 Å². The number of allylic oxidation sites excluding steroid dienone is 1. The molecule has 0 atom stereocenters. The van der Waals surface area contributed by atoms with E-state index in [1.807, 2.05) is 18.3 Å². The largest absolute Gasteiger partial charge is 0.404 e. The molecule has 0 spiro atoms. The summed E-state index contributed by atoms with van der Waals surface area (Å²) in [6.07, 6.45) is 5.11. The molecule has 2 aromatic rings. The van der Waals surface area contributed by atoms with Crippen molar-refractivity contribution < 1.29 is 9.79 Å². The second-order valence-corrected chi connectivity index (χ2v) is 5.84. The molecule has 118 valence electrons. The van der Waals surface area contributed by atoms with Crippen LogP contribution in [0.3, 0.4) is 0 Å². The Morgan fingerprint density at radius 1 is 1.43 bits per heavy atom. The monoisotopic (exact) mass is 330 g/mol. The lowest BCUT2D eigenvalue weighted by molar-refractivity contribution is -0.513. The summed E-state index contributed by atoms with van der Waals surface area (Å²) in [4.78, 5) is 24.9. The van der Waals surface area contributed by atoms with Gasteiger partial charge in [0.05, 0.1) is 29.7 Å². The van der Waals surface area contributed by atoms with Crippen molar-refractivity contribution in [3.05, 3.63) is 41.3 Å². The average molecular weight is 331 g/mol. The number of hydrogen-bond acceptors (Lipinski definition) is 4. The van der Waals surface area contributed by atoms with E-state index in [1.165, 1.54) is 6.20 Å². The van der Waals surface area contributed by atoms with Crippen LogP contribution in [0.2, 0.25) is 5.15 Å². The quantitative estimate of drug-likeness (QED) is 0.611. The minimum absolute atomic E-state index is 0.0966. The highest BCUT2D eigenvalue weighted by atomic mass is 35.5. The van der Waals surface area contributed by atoms with Crippen molar-refractivity contribution >= 4 is 40.3 Å². The first-order valence-corrected chi connectivity index (χ1v) is 7.64. The predicted molar refractivity (Wildman–Crippen MR) is 89.8 cm³/mol. The molecule has 2 aromatic heterocycles. The number of carbonyl (C=O) groups is 1. The number of carbonyl (C=O) groups excluding carboxylic acids is 1. The van der Waals surface area contributed by atoms with Crippen LogP contribution in [0, 0.1) is 0 Å². The third-order valence-electron chi connectivity index (χ3n) is 3.82. The van der Waals surface area contributed by atoms with Gasteiger partial charge in [-0.25, -0.2) is 9.98 Å². The van der Waals surface area contributed by atoms with Crippen LogP contribution in [0.5, 0.6) is 0 Å². The van der Waals surface area contributed by atoms with Gasteiger partial charge in [0.1, 0.15) is 5.15 Å². The van der Waals surface area contributed by atoms with E-state index in [1.54, 1.807) is 24.1 Å². The number of hydrogen-bond donors (Lipinski definition) is 2. The molecule has 23 heavy (non-hydrogen) atoms. The van der Waals surface area contributed by atoms with Crippen LogP contribution >= 0.6 is 11.6 Å². The van der Waals surface area contributed by atoms with Crippen LogP contribution in [-0.4, -0.2) is 46.1 Å². The van der Waals surface area contributed by atoms with Crippen LogP contribution < -0.4 is 10.7 Å². The summed E-state index contributed by atoms with van der Waals surface area (Å²) >= 11 is 5.92. The van der Waals surface area contributed by atoms with E-state index in [9.17, 15) is 4.79 Å². The van der Waals surface area contributed by atoms with Crippen molar-refractivity contribution in [2.75, 3.05) is 13.1 Å². The summed E-state index contributed by atoms with van der Waals surface area (Å²) in [5.41, 5.74) is 8.88. The van der Waals surface area contributed by atoms with Gasteiger partial charge in [0.15, 0.2) is 12.3 Å². The Bertz CT molecular complexity index is 811. The van der Waals surface area contributed by atoms with Crippen molar-refractivity contribution in [2.45, 2.75) is 13.0 Å². The molecule has 0 saturated carbocycles. The molecule has 0 bridgehead atoms. The molecular weight excluding hydrogens is 314 g/mol. The van der Waals surface area contributed by atoms with Gasteiger partial charge in [0, 0.05) is 24.9 Å². The lowest BCUT2D eigenvalue weighted by atomic mass is 10.1. The molecule has 3 N–H and O–H groups in total. The predicted octanol–water partition coefficient (Wildman–Crippen LogP) is -0.0351. The summed E-state index contributed by atoms with van der Waals surface area (Å²) in [7, 11) is 0. The van der Waals surface area contributed by atoms with E-state index >= 15 is 0 Å². The minimum Gasteiger partial charge on any atom is -0.404 e. The van der Waals surface area contributed by atoms with Crippen molar-refractivity contribution in [1.82, 2.24) is 14.9 Å². The van der Waals surface area contributed by atoms with Crippen LogP contribution in [-0.2, 0) is 4.79 Å². The molecule has 1 aliphatic rings. The molecule has 1 saturated heterocycles. The maximum atomic E-state index is 11.2. The van der Waals surface area contributed by atoms with Gasteiger partial charge in [-0.05, 0) is 18.2 Å². The lowest BCUT2D eigenvalue weighted by Gasteiger charge is -2.32. The number of rotatable bonds is 3. The fourth-order valence-electron chi connectivity index (χ4n) is 2.42. The second-order valence-electron chi connectivity index (χ2n) is 5.45. The topological polar surface area (TPSA) is 86.1 Å². The van der Waals surface area contributed by atoms with E-state index in [-0.39, 0.29) is 11.9 Å². The van der Waals surface area contributed by atoms with E-state index in [4.69, 9.17) is 17.3 Å². The van der Waals surface area contributed by atoms with E-state index < -0.39 is 0 Å². The summed E-state index contributed by atoms with van der Waals surface area (Å²) in [5, 5.41) is 0.427.